The van der Waals surface area contributed by atoms with Gasteiger partial charge in [0.2, 0.25) is 5.91 Å². The number of carbonyl (C=O) groups is 2. The molecular formula is C34H46Cl2N2O3SSi. The molecule has 5 rings (SSSR count). The van der Waals surface area contributed by atoms with Crippen molar-refractivity contribution >= 4 is 55.1 Å². The van der Waals surface area contributed by atoms with E-state index in [2.05, 4.69) is 38.8 Å². The van der Waals surface area contributed by atoms with Crippen LogP contribution in [0.25, 0.3) is 11.1 Å². The molecule has 0 unspecified atom stereocenters. The Balaban J connectivity index is 1.18. The molecule has 43 heavy (non-hydrogen) atoms. The van der Waals surface area contributed by atoms with Crippen molar-refractivity contribution < 1.29 is 14.0 Å². The standard InChI is InChI=1S/C34H46Cl2N2O3SSi/c1-34(2,3)43(4,5)41-28-12-10-27(11-13-28)38-15-14-25(33(38)40)20-29-30(35)21-26(22-31(29)36)23-6-8-24(9-7-23)32(39)37-16-18-42-19-17-37/h6-9,21-22,25,27-28H,10-20H2,1-5H3/t25-,27-,28-/m0/s1. The topological polar surface area (TPSA) is 49.9 Å². The van der Waals surface area contributed by atoms with Crippen LogP contribution in [0, 0.1) is 5.92 Å². The van der Waals surface area contributed by atoms with Crippen LogP contribution < -0.4 is 0 Å². The van der Waals surface area contributed by atoms with E-state index < -0.39 is 8.32 Å². The van der Waals surface area contributed by atoms with Gasteiger partial charge in [-0.3, -0.25) is 9.59 Å². The second-order valence-electron chi connectivity index (χ2n) is 13.9. The molecule has 0 radical (unpaired) electrons. The molecule has 2 aromatic rings. The largest absolute Gasteiger partial charge is 0.414 e. The van der Waals surface area contributed by atoms with Gasteiger partial charge in [-0.1, -0.05) is 56.1 Å². The van der Waals surface area contributed by atoms with Gasteiger partial charge >= 0.3 is 0 Å². The van der Waals surface area contributed by atoms with Crippen molar-refractivity contribution in [1.82, 2.24) is 9.80 Å². The zero-order chi connectivity index (χ0) is 30.9. The van der Waals surface area contributed by atoms with E-state index in [1.165, 1.54) is 0 Å². The fraction of sp³-hybridized carbons (Fsp3) is 0.588. The summed E-state index contributed by atoms with van der Waals surface area (Å²) in [5, 5.41) is 1.38. The number of rotatable bonds is 7. The van der Waals surface area contributed by atoms with Gasteiger partial charge in [0.05, 0.1) is 0 Å². The average Bonchev–Trinajstić information content (AvgIpc) is 3.34. The minimum Gasteiger partial charge on any atom is -0.414 e. The second kappa shape index (κ2) is 13.5. The van der Waals surface area contributed by atoms with Gasteiger partial charge in [-0.2, -0.15) is 11.8 Å². The molecule has 0 spiro atoms. The van der Waals surface area contributed by atoms with Gasteiger partial charge in [-0.05, 0) is 97.6 Å². The maximum atomic E-state index is 13.5. The maximum absolute atomic E-state index is 13.5. The zero-order valence-electron chi connectivity index (χ0n) is 26.3. The lowest BCUT2D eigenvalue weighted by atomic mass is 9.92. The summed E-state index contributed by atoms with van der Waals surface area (Å²) in [7, 11) is -1.79. The van der Waals surface area contributed by atoms with E-state index in [0.717, 1.165) is 79.9 Å². The molecule has 0 aromatic heterocycles. The van der Waals surface area contributed by atoms with Crippen molar-refractivity contribution in [3.05, 3.63) is 57.6 Å². The molecule has 3 aliphatic rings. The minimum atomic E-state index is -1.79. The number of hydrogen-bond donors (Lipinski definition) is 0. The molecule has 2 aliphatic heterocycles. The lowest BCUT2D eigenvalue weighted by Gasteiger charge is -2.42. The summed E-state index contributed by atoms with van der Waals surface area (Å²) in [5.41, 5.74) is 3.40. The van der Waals surface area contributed by atoms with Crippen molar-refractivity contribution in [2.45, 2.75) is 89.6 Å². The first kappa shape index (κ1) is 32.9. The van der Waals surface area contributed by atoms with Crippen LogP contribution >= 0.6 is 35.0 Å². The smallest absolute Gasteiger partial charge is 0.253 e. The molecule has 5 nitrogen and oxygen atoms in total. The van der Waals surface area contributed by atoms with E-state index >= 15 is 0 Å². The number of thioether (sulfide) groups is 1. The van der Waals surface area contributed by atoms with E-state index in [0.29, 0.717) is 34.2 Å². The first-order valence-electron chi connectivity index (χ1n) is 15.8. The normalized spacial score (nSPS) is 23.6. The Kier molecular flexibility index (Phi) is 10.3. The van der Waals surface area contributed by atoms with E-state index in [1.807, 2.05) is 53.1 Å². The van der Waals surface area contributed by atoms with Crippen molar-refractivity contribution in [1.29, 1.82) is 0 Å². The minimum absolute atomic E-state index is 0.0843. The van der Waals surface area contributed by atoms with Gasteiger partial charge in [0.25, 0.3) is 5.91 Å². The van der Waals surface area contributed by atoms with Crippen LogP contribution in [0.15, 0.2) is 36.4 Å². The fourth-order valence-electron chi connectivity index (χ4n) is 6.35. The molecule has 0 N–H and O–H groups in total. The third kappa shape index (κ3) is 7.49. The summed E-state index contributed by atoms with van der Waals surface area (Å²) in [6.07, 6.45) is 5.77. The molecule has 2 aromatic carbocycles. The fourth-order valence-corrected chi connectivity index (χ4v) is 9.32. The Morgan fingerprint density at radius 2 is 1.53 bits per heavy atom. The summed E-state index contributed by atoms with van der Waals surface area (Å²) in [6, 6.07) is 11.8. The summed E-state index contributed by atoms with van der Waals surface area (Å²) < 4.78 is 6.68. The summed E-state index contributed by atoms with van der Waals surface area (Å²) in [5.74, 6) is 2.20. The quantitative estimate of drug-likeness (QED) is 0.279. The lowest BCUT2D eigenvalue weighted by molar-refractivity contribution is -0.133. The summed E-state index contributed by atoms with van der Waals surface area (Å²) in [6.45, 7) is 13.9. The highest BCUT2D eigenvalue weighted by molar-refractivity contribution is 7.99. The van der Waals surface area contributed by atoms with Gasteiger partial charge in [-0.25, -0.2) is 0 Å². The monoisotopic (exact) mass is 660 g/mol. The third-order valence-corrected chi connectivity index (χ3v) is 16.2. The van der Waals surface area contributed by atoms with Crippen LogP contribution in [-0.2, 0) is 15.6 Å². The predicted molar refractivity (Wildman–Crippen MR) is 183 cm³/mol. The number of halogens is 2. The first-order chi connectivity index (χ1) is 20.3. The number of benzene rings is 2. The van der Waals surface area contributed by atoms with Crippen LogP contribution in [0.3, 0.4) is 0 Å². The molecule has 1 saturated carbocycles. The lowest BCUT2D eigenvalue weighted by Crippen LogP contribution is -2.47. The summed E-state index contributed by atoms with van der Waals surface area (Å²) >= 11 is 15.5. The van der Waals surface area contributed by atoms with Crippen LogP contribution in [0.1, 0.15) is 68.8 Å². The third-order valence-electron chi connectivity index (χ3n) is 10.1. The maximum Gasteiger partial charge on any atom is 0.253 e. The highest BCUT2D eigenvalue weighted by Crippen LogP contribution is 2.41. The van der Waals surface area contributed by atoms with Crippen LogP contribution in [0.2, 0.25) is 28.2 Å². The second-order valence-corrected chi connectivity index (χ2v) is 20.7. The Bertz CT molecular complexity index is 1290. The number of nitrogens with zero attached hydrogens (tertiary/aromatic N) is 2. The SMILES string of the molecule is CC(C)(C)[Si](C)(C)O[C@H]1CC[C@H](N2CC[C@@H](Cc3c(Cl)cc(-c4ccc(C(=O)N5CCSCC5)cc4)cc3Cl)C2=O)CC1. The van der Waals surface area contributed by atoms with Crippen molar-refractivity contribution in [2.75, 3.05) is 31.1 Å². The van der Waals surface area contributed by atoms with Gasteiger partial charge in [-0.15, -0.1) is 0 Å². The Labute approximate surface area is 273 Å². The van der Waals surface area contributed by atoms with Crippen molar-refractivity contribution in [3.63, 3.8) is 0 Å². The number of likely N-dealkylation sites (tertiary alicyclic amines) is 1. The molecule has 9 heteroatoms. The zero-order valence-corrected chi connectivity index (χ0v) is 29.6. The molecule has 2 amide bonds. The van der Waals surface area contributed by atoms with Crippen molar-refractivity contribution in [3.8, 4) is 11.1 Å². The predicted octanol–water partition coefficient (Wildman–Crippen LogP) is 8.57. The first-order valence-corrected chi connectivity index (χ1v) is 20.6. The Hall–Kier alpha value is -1.51. The molecule has 1 atom stereocenters. The molecule has 2 saturated heterocycles. The number of carbonyl (C=O) groups excluding carboxylic acids is 2. The van der Waals surface area contributed by atoms with Crippen LogP contribution in [-0.4, -0.2) is 73.2 Å². The van der Waals surface area contributed by atoms with Crippen LogP contribution in [0.5, 0.6) is 0 Å². The van der Waals surface area contributed by atoms with Gasteiger partial charge in [0.15, 0.2) is 8.32 Å². The number of hydrogen-bond acceptors (Lipinski definition) is 4. The van der Waals surface area contributed by atoms with E-state index in [-0.39, 0.29) is 22.8 Å². The van der Waals surface area contributed by atoms with Gasteiger partial charge in [0.1, 0.15) is 0 Å². The molecule has 0 bridgehead atoms. The van der Waals surface area contributed by atoms with E-state index in [4.69, 9.17) is 27.6 Å². The average molecular weight is 662 g/mol. The Morgan fingerprint density at radius 3 is 2.12 bits per heavy atom. The molecule has 3 fully saturated rings. The molecule has 1 aliphatic carbocycles. The van der Waals surface area contributed by atoms with E-state index in [9.17, 15) is 9.59 Å². The summed E-state index contributed by atoms with van der Waals surface area (Å²) in [4.78, 5) is 30.4. The van der Waals surface area contributed by atoms with E-state index in [1.54, 1.807) is 0 Å². The highest BCUT2D eigenvalue weighted by atomic mass is 35.5. The molecule has 234 valence electrons. The van der Waals surface area contributed by atoms with Gasteiger partial charge < -0.3 is 14.2 Å². The molecular weight excluding hydrogens is 615 g/mol. The number of amides is 2. The van der Waals surface area contributed by atoms with Crippen molar-refractivity contribution in [2.24, 2.45) is 5.92 Å². The highest BCUT2D eigenvalue weighted by Gasteiger charge is 2.42. The Morgan fingerprint density at radius 1 is 0.930 bits per heavy atom. The molecule has 2 heterocycles. The van der Waals surface area contributed by atoms with Crippen LogP contribution in [0.4, 0.5) is 0 Å². The van der Waals surface area contributed by atoms with Gasteiger partial charge in [0, 0.05) is 64.8 Å².